The molecule has 0 aliphatic rings. The maximum Gasteiger partial charge on any atom is 0.326 e. The highest BCUT2D eigenvalue weighted by atomic mass is 79.9. The Balaban J connectivity index is 2.71. The Morgan fingerprint density at radius 1 is 1.27 bits per heavy atom. The summed E-state index contributed by atoms with van der Waals surface area (Å²) in [5, 5.41) is 0.427. The Kier molecular flexibility index (Phi) is 2.59. The third-order valence-corrected chi connectivity index (χ3v) is 2.16. The minimum Gasteiger partial charge on any atom is -0.482 e. The Hall–Kier alpha value is -1.56. The number of hydrogen-bond acceptors (Lipinski definition) is 3. The monoisotopic (exact) mass is 270 g/mol. The molecule has 5 nitrogen and oxygen atoms in total. The Morgan fingerprint density at radius 2 is 2.07 bits per heavy atom. The van der Waals surface area contributed by atoms with Crippen molar-refractivity contribution in [1.29, 1.82) is 0 Å². The van der Waals surface area contributed by atoms with Crippen molar-refractivity contribution in [3.05, 3.63) is 39.0 Å². The van der Waals surface area contributed by atoms with Crippen molar-refractivity contribution < 1.29 is 4.74 Å². The molecule has 15 heavy (non-hydrogen) atoms. The summed E-state index contributed by atoms with van der Waals surface area (Å²) < 4.78 is 5.18. The molecular formula is C9H7BrN2O3. The van der Waals surface area contributed by atoms with Gasteiger partial charge in [0.1, 0.15) is 11.3 Å². The van der Waals surface area contributed by atoms with Crippen molar-refractivity contribution in [2.24, 2.45) is 0 Å². The number of aromatic amines is 2. The fraction of sp³-hybridized carbons (Fsp3) is 0.111. The van der Waals surface area contributed by atoms with Crippen molar-refractivity contribution in [1.82, 2.24) is 9.97 Å². The smallest absolute Gasteiger partial charge is 0.326 e. The van der Waals surface area contributed by atoms with Crippen LogP contribution in [0.15, 0.2) is 27.8 Å². The summed E-state index contributed by atoms with van der Waals surface area (Å²) in [6.45, 7) is 0. The average Bonchev–Trinajstić information content (AvgIpc) is 2.17. The molecular weight excluding hydrogens is 264 g/mol. The molecule has 1 aromatic heterocycles. The first-order valence-electron chi connectivity index (χ1n) is 4.16. The number of fused-ring (bicyclic) bond motifs is 1. The third kappa shape index (κ3) is 1.94. The molecule has 0 fully saturated rings. The van der Waals surface area contributed by atoms with Crippen LogP contribution in [0.3, 0.4) is 0 Å². The molecule has 2 aromatic rings. The van der Waals surface area contributed by atoms with Crippen LogP contribution in [-0.2, 0) is 0 Å². The van der Waals surface area contributed by atoms with Crippen LogP contribution >= 0.6 is 15.9 Å². The molecule has 0 amide bonds. The third-order valence-electron chi connectivity index (χ3n) is 1.93. The van der Waals surface area contributed by atoms with Gasteiger partial charge in [0.15, 0.2) is 0 Å². The number of aromatic nitrogens is 2. The number of hydrogen-bond donors (Lipinski definition) is 2. The van der Waals surface area contributed by atoms with Gasteiger partial charge in [-0.15, -0.1) is 0 Å². The van der Waals surface area contributed by atoms with Gasteiger partial charge in [-0.05, 0) is 28.1 Å². The van der Waals surface area contributed by atoms with Gasteiger partial charge in [0.2, 0.25) is 0 Å². The van der Waals surface area contributed by atoms with Crippen LogP contribution in [0.25, 0.3) is 10.9 Å². The molecule has 0 unspecified atom stereocenters. The number of alkyl halides is 1. The molecule has 0 aliphatic heterocycles. The molecule has 78 valence electrons. The van der Waals surface area contributed by atoms with E-state index in [2.05, 4.69) is 25.9 Å². The van der Waals surface area contributed by atoms with E-state index < -0.39 is 11.2 Å². The molecule has 0 aliphatic carbocycles. The summed E-state index contributed by atoms with van der Waals surface area (Å²) >= 11 is 3.12. The predicted molar refractivity (Wildman–Crippen MR) is 59.6 cm³/mol. The quantitative estimate of drug-likeness (QED) is 0.798. The van der Waals surface area contributed by atoms with Crippen LogP contribution in [0.5, 0.6) is 5.75 Å². The van der Waals surface area contributed by atoms with Crippen LogP contribution < -0.4 is 16.0 Å². The summed E-state index contributed by atoms with van der Waals surface area (Å²) in [5.74, 6) is 0.584. The largest absolute Gasteiger partial charge is 0.482 e. The summed E-state index contributed by atoms with van der Waals surface area (Å²) in [4.78, 5) is 27.0. The van der Waals surface area contributed by atoms with Gasteiger partial charge in [-0.25, -0.2) is 4.79 Å². The Morgan fingerprint density at radius 3 is 2.80 bits per heavy atom. The maximum absolute atomic E-state index is 11.3. The van der Waals surface area contributed by atoms with Gasteiger partial charge >= 0.3 is 5.69 Å². The number of ether oxygens (including phenoxy) is 1. The highest BCUT2D eigenvalue weighted by Gasteiger charge is 2.01. The van der Waals surface area contributed by atoms with E-state index in [1.807, 2.05) is 0 Å². The van der Waals surface area contributed by atoms with E-state index in [0.29, 0.717) is 22.2 Å². The lowest BCUT2D eigenvalue weighted by atomic mass is 10.2. The molecule has 0 saturated heterocycles. The van der Waals surface area contributed by atoms with Gasteiger partial charge in [0.05, 0.1) is 10.9 Å². The van der Waals surface area contributed by atoms with Gasteiger partial charge in [0, 0.05) is 6.07 Å². The lowest BCUT2D eigenvalue weighted by molar-refractivity contribution is 0.398. The molecule has 0 radical (unpaired) electrons. The number of benzene rings is 1. The number of rotatable bonds is 2. The fourth-order valence-corrected chi connectivity index (χ4v) is 1.57. The Labute approximate surface area is 92.2 Å². The van der Waals surface area contributed by atoms with Crippen molar-refractivity contribution in [2.45, 2.75) is 0 Å². The fourth-order valence-electron chi connectivity index (χ4n) is 1.30. The van der Waals surface area contributed by atoms with Crippen molar-refractivity contribution in [2.75, 3.05) is 5.52 Å². The molecule has 0 atom stereocenters. The summed E-state index contributed by atoms with van der Waals surface area (Å²) in [6.07, 6.45) is 0. The van der Waals surface area contributed by atoms with Crippen LogP contribution in [0.2, 0.25) is 0 Å². The van der Waals surface area contributed by atoms with Crippen molar-refractivity contribution in [3.8, 4) is 5.75 Å². The predicted octanol–water partition coefficient (Wildman–Crippen LogP) is 0.948. The number of nitrogens with one attached hydrogen (secondary N) is 2. The normalized spacial score (nSPS) is 10.5. The second-order valence-corrected chi connectivity index (χ2v) is 3.33. The van der Waals surface area contributed by atoms with Crippen molar-refractivity contribution >= 4 is 26.8 Å². The number of H-pyrrole nitrogens is 2. The van der Waals surface area contributed by atoms with E-state index in [9.17, 15) is 9.59 Å². The highest BCUT2D eigenvalue weighted by molar-refractivity contribution is 9.09. The SMILES string of the molecule is O=c1[nH]c(=O)c2ccc(OCBr)cc2[nH]1. The van der Waals surface area contributed by atoms with Crippen LogP contribution in [-0.4, -0.2) is 15.5 Å². The second-order valence-electron chi connectivity index (χ2n) is 2.87. The molecule has 1 aromatic carbocycles. The van der Waals surface area contributed by atoms with Gasteiger partial charge in [-0.2, -0.15) is 0 Å². The number of halogens is 1. The van der Waals surface area contributed by atoms with E-state index in [1.54, 1.807) is 18.2 Å². The zero-order chi connectivity index (χ0) is 10.8. The van der Waals surface area contributed by atoms with E-state index in [0.717, 1.165) is 0 Å². The van der Waals surface area contributed by atoms with Gasteiger partial charge in [0.25, 0.3) is 5.56 Å². The standard InChI is InChI=1S/C9H7BrN2O3/c10-4-15-5-1-2-6-7(3-5)11-9(14)12-8(6)13/h1-3H,4H2,(H2,11,12,13,14). The van der Waals surface area contributed by atoms with Crippen LogP contribution in [0.1, 0.15) is 0 Å². The van der Waals surface area contributed by atoms with E-state index in [-0.39, 0.29) is 0 Å². The first-order chi connectivity index (χ1) is 7.20. The minimum absolute atomic E-state index is 0.353. The lowest BCUT2D eigenvalue weighted by Crippen LogP contribution is -2.21. The first kappa shape index (κ1) is 9.97. The highest BCUT2D eigenvalue weighted by Crippen LogP contribution is 2.15. The summed E-state index contributed by atoms with van der Waals surface area (Å²) in [7, 11) is 0. The van der Waals surface area contributed by atoms with Crippen LogP contribution in [0.4, 0.5) is 0 Å². The molecule has 1 heterocycles. The Bertz CT molecular complexity index is 602. The molecule has 6 heteroatoms. The molecule has 2 rings (SSSR count). The second kappa shape index (κ2) is 3.90. The molecule has 0 saturated carbocycles. The van der Waals surface area contributed by atoms with Crippen LogP contribution in [0, 0.1) is 0 Å². The van der Waals surface area contributed by atoms with Gasteiger partial charge in [-0.3, -0.25) is 9.78 Å². The molecule has 0 bridgehead atoms. The molecule has 2 N–H and O–H groups in total. The molecule has 0 spiro atoms. The van der Waals surface area contributed by atoms with Gasteiger partial charge in [-0.1, -0.05) is 0 Å². The average molecular weight is 271 g/mol. The minimum atomic E-state index is -0.525. The maximum atomic E-state index is 11.3. The van der Waals surface area contributed by atoms with E-state index in [4.69, 9.17) is 4.74 Å². The first-order valence-corrected chi connectivity index (χ1v) is 5.28. The zero-order valence-corrected chi connectivity index (χ0v) is 9.13. The summed E-state index contributed by atoms with van der Waals surface area (Å²) in [5.41, 5.74) is -0.115. The topological polar surface area (TPSA) is 74.9 Å². The van der Waals surface area contributed by atoms with Crippen molar-refractivity contribution in [3.63, 3.8) is 0 Å². The zero-order valence-electron chi connectivity index (χ0n) is 7.54. The lowest BCUT2D eigenvalue weighted by Gasteiger charge is -2.02. The van der Waals surface area contributed by atoms with E-state index >= 15 is 0 Å². The van der Waals surface area contributed by atoms with E-state index in [1.165, 1.54) is 0 Å². The summed E-state index contributed by atoms with van der Waals surface area (Å²) in [6, 6.07) is 4.87. The van der Waals surface area contributed by atoms with Gasteiger partial charge < -0.3 is 9.72 Å².